The molecule has 2 unspecified atom stereocenters. The Morgan fingerprint density at radius 3 is 2.95 bits per heavy atom. The minimum atomic E-state index is -0.0144. The van der Waals surface area contributed by atoms with Gasteiger partial charge < -0.3 is 14.6 Å². The molecule has 0 aliphatic carbocycles. The Kier molecular flexibility index (Phi) is 4.85. The van der Waals surface area contributed by atoms with Gasteiger partial charge in [0.15, 0.2) is 0 Å². The number of nitrogens with one attached hydrogen (secondary N) is 1. The van der Waals surface area contributed by atoms with E-state index in [9.17, 15) is 4.79 Å². The zero-order chi connectivity index (χ0) is 15.2. The number of ether oxygens (including phenoxy) is 1. The molecule has 1 aromatic carbocycles. The molecule has 1 amide bonds. The number of carbonyl (C=O) groups is 1. The first-order valence-electron chi connectivity index (χ1n) is 7.72. The van der Waals surface area contributed by atoms with Crippen LogP contribution in [-0.4, -0.2) is 28.7 Å². The second kappa shape index (κ2) is 7.22. The maximum Gasteiger partial charge on any atom is 0.226 e. The molecule has 1 fully saturated rings. The van der Waals surface area contributed by atoms with E-state index in [0.29, 0.717) is 13.2 Å². The summed E-state index contributed by atoms with van der Waals surface area (Å²) in [6.45, 7) is 2.04. The van der Waals surface area contributed by atoms with Crippen LogP contribution in [0.15, 0.2) is 49.1 Å². The number of hydrogen-bond acceptors (Lipinski definition) is 3. The summed E-state index contributed by atoms with van der Waals surface area (Å²) in [5.41, 5.74) is 1.13. The highest BCUT2D eigenvalue weighted by atomic mass is 16.5. The van der Waals surface area contributed by atoms with E-state index >= 15 is 0 Å². The summed E-state index contributed by atoms with van der Waals surface area (Å²) in [5.74, 6) is 0.0800. The van der Waals surface area contributed by atoms with E-state index in [4.69, 9.17) is 4.74 Å². The molecule has 22 heavy (non-hydrogen) atoms. The van der Waals surface area contributed by atoms with Crippen LogP contribution in [0.3, 0.4) is 0 Å². The highest BCUT2D eigenvalue weighted by Crippen LogP contribution is 2.20. The third-order valence-electron chi connectivity index (χ3n) is 4.05. The molecular formula is C17H21N3O2. The molecule has 1 aromatic heterocycles. The summed E-state index contributed by atoms with van der Waals surface area (Å²) >= 11 is 0. The molecule has 1 N–H and O–H groups in total. The molecule has 1 aliphatic heterocycles. The number of nitrogens with zero attached hydrogens (tertiary/aromatic N) is 2. The molecule has 0 spiro atoms. The van der Waals surface area contributed by atoms with Crippen LogP contribution in [0.1, 0.15) is 24.4 Å². The van der Waals surface area contributed by atoms with Gasteiger partial charge in [-0.2, -0.15) is 0 Å². The minimum Gasteiger partial charge on any atom is -0.381 e. The fourth-order valence-corrected chi connectivity index (χ4v) is 2.74. The van der Waals surface area contributed by atoms with Gasteiger partial charge in [0.2, 0.25) is 5.91 Å². The van der Waals surface area contributed by atoms with E-state index in [2.05, 4.69) is 22.4 Å². The number of imidazole rings is 1. The maximum absolute atomic E-state index is 12.4. The van der Waals surface area contributed by atoms with Gasteiger partial charge in [-0.1, -0.05) is 30.3 Å². The van der Waals surface area contributed by atoms with E-state index in [0.717, 1.165) is 24.9 Å². The van der Waals surface area contributed by atoms with Crippen LogP contribution in [0, 0.1) is 5.92 Å². The van der Waals surface area contributed by atoms with Crippen molar-refractivity contribution < 1.29 is 9.53 Å². The fourth-order valence-electron chi connectivity index (χ4n) is 2.74. The van der Waals surface area contributed by atoms with Crippen molar-refractivity contribution in [3.63, 3.8) is 0 Å². The molecule has 0 radical (unpaired) electrons. The topological polar surface area (TPSA) is 56.2 Å². The predicted octanol–water partition coefficient (Wildman–Crippen LogP) is 2.17. The molecule has 2 atom stereocenters. The van der Waals surface area contributed by atoms with Crippen molar-refractivity contribution in [2.75, 3.05) is 13.2 Å². The highest BCUT2D eigenvalue weighted by molar-refractivity contribution is 5.79. The quantitative estimate of drug-likeness (QED) is 0.889. The summed E-state index contributed by atoms with van der Waals surface area (Å²) in [4.78, 5) is 16.4. The van der Waals surface area contributed by atoms with E-state index in [1.165, 1.54) is 0 Å². The van der Waals surface area contributed by atoms with Gasteiger partial charge in [-0.15, -0.1) is 0 Å². The number of aryl methyl sites for hydroxylation is 1. The standard InChI is InChI=1S/C17H21N3O2/c21-17(15-7-11-22-12-15)19-16(14-4-2-1-3-5-14)6-9-20-10-8-18-13-20/h1-5,8,10,13,15-16H,6-7,9,11-12H2,(H,19,21). The Balaban J connectivity index is 1.66. The predicted molar refractivity (Wildman–Crippen MR) is 83.1 cm³/mol. The number of aromatic nitrogens is 2. The van der Waals surface area contributed by atoms with Crippen LogP contribution in [0.2, 0.25) is 0 Å². The molecule has 0 saturated carbocycles. The van der Waals surface area contributed by atoms with Gasteiger partial charge in [-0.05, 0) is 18.4 Å². The van der Waals surface area contributed by atoms with Crippen molar-refractivity contribution in [2.24, 2.45) is 5.92 Å². The molecule has 1 aliphatic rings. The lowest BCUT2D eigenvalue weighted by Crippen LogP contribution is -2.34. The Bertz CT molecular complexity index is 577. The van der Waals surface area contributed by atoms with Crippen LogP contribution in [0.5, 0.6) is 0 Å². The Morgan fingerprint density at radius 2 is 2.27 bits per heavy atom. The number of hydrogen-bond donors (Lipinski definition) is 1. The van der Waals surface area contributed by atoms with Gasteiger partial charge >= 0.3 is 0 Å². The zero-order valence-corrected chi connectivity index (χ0v) is 12.5. The Labute approximate surface area is 130 Å². The van der Waals surface area contributed by atoms with Gasteiger partial charge in [0.1, 0.15) is 0 Å². The summed E-state index contributed by atoms with van der Waals surface area (Å²) < 4.78 is 7.34. The molecule has 2 aromatic rings. The number of amides is 1. The molecule has 0 bridgehead atoms. The summed E-state index contributed by atoms with van der Waals surface area (Å²) in [7, 11) is 0. The van der Waals surface area contributed by atoms with Crippen molar-refractivity contribution >= 4 is 5.91 Å². The van der Waals surface area contributed by atoms with E-state index in [1.54, 1.807) is 12.5 Å². The third-order valence-corrected chi connectivity index (χ3v) is 4.05. The first kappa shape index (κ1) is 14.8. The van der Waals surface area contributed by atoms with Gasteiger partial charge in [0, 0.05) is 25.5 Å². The molecule has 116 valence electrons. The molecule has 1 saturated heterocycles. The Morgan fingerprint density at radius 1 is 1.41 bits per heavy atom. The number of benzene rings is 1. The normalized spacial score (nSPS) is 19.0. The fraction of sp³-hybridized carbons (Fsp3) is 0.412. The molecule has 5 nitrogen and oxygen atoms in total. The molecular weight excluding hydrogens is 278 g/mol. The molecule has 2 heterocycles. The zero-order valence-electron chi connectivity index (χ0n) is 12.5. The first-order valence-corrected chi connectivity index (χ1v) is 7.72. The minimum absolute atomic E-state index is 0.0108. The van der Waals surface area contributed by atoms with Crippen LogP contribution in [0.25, 0.3) is 0 Å². The van der Waals surface area contributed by atoms with Gasteiger partial charge in [0.05, 0.1) is 24.9 Å². The monoisotopic (exact) mass is 299 g/mol. The van der Waals surface area contributed by atoms with Crippen LogP contribution < -0.4 is 5.32 Å². The van der Waals surface area contributed by atoms with Crippen molar-refractivity contribution in [3.8, 4) is 0 Å². The van der Waals surface area contributed by atoms with Gasteiger partial charge in [0.25, 0.3) is 0 Å². The van der Waals surface area contributed by atoms with Crippen molar-refractivity contribution in [3.05, 3.63) is 54.6 Å². The van der Waals surface area contributed by atoms with E-state index in [1.807, 2.05) is 29.0 Å². The third kappa shape index (κ3) is 3.74. The smallest absolute Gasteiger partial charge is 0.226 e. The average Bonchev–Trinajstić information content (AvgIpc) is 3.25. The van der Waals surface area contributed by atoms with Crippen molar-refractivity contribution in [1.82, 2.24) is 14.9 Å². The highest BCUT2D eigenvalue weighted by Gasteiger charge is 2.25. The van der Waals surface area contributed by atoms with Gasteiger partial charge in [-0.25, -0.2) is 4.98 Å². The lowest BCUT2D eigenvalue weighted by molar-refractivity contribution is -0.125. The number of rotatable bonds is 6. The van der Waals surface area contributed by atoms with Crippen molar-refractivity contribution in [2.45, 2.75) is 25.4 Å². The molecule has 3 rings (SSSR count). The van der Waals surface area contributed by atoms with Crippen molar-refractivity contribution in [1.29, 1.82) is 0 Å². The van der Waals surface area contributed by atoms with E-state index < -0.39 is 0 Å². The summed E-state index contributed by atoms with van der Waals surface area (Å²) in [6, 6.07) is 10.1. The maximum atomic E-state index is 12.4. The first-order chi connectivity index (χ1) is 10.8. The summed E-state index contributed by atoms with van der Waals surface area (Å²) in [5, 5.41) is 3.18. The second-order valence-electron chi connectivity index (χ2n) is 5.62. The molecule has 5 heteroatoms. The summed E-state index contributed by atoms with van der Waals surface area (Å²) in [6.07, 6.45) is 7.16. The van der Waals surface area contributed by atoms with Crippen LogP contribution in [-0.2, 0) is 16.1 Å². The largest absolute Gasteiger partial charge is 0.381 e. The van der Waals surface area contributed by atoms with E-state index in [-0.39, 0.29) is 17.9 Å². The average molecular weight is 299 g/mol. The lowest BCUT2D eigenvalue weighted by atomic mass is 10.0. The Hall–Kier alpha value is -2.14. The number of carbonyl (C=O) groups excluding carboxylic acids is 1. The lowest BCUT2D eigenvalue weighted by Gasteiger charge is -2.21. The van der Waals surface area contributed by atoms with Crippen LogP contribution in [0.4, 0.5) is 0 Å². The SMILES string of the molecule is O=C(NC(CCn1ccnc1)c1ccccc1)C1CCOC1. The second-order valence-corrected chi connectivity index (χ2v) is 5.62. The van der Waals surface area contributed by atoms with Crippen LogP contribution >= 0.6 is 0 Å². The van der Waals surface area contributed by atoms with Gasteiger partial charge in [-0.3, -0.25) is 4.79 Å².